The van der Waals surface area contributed by atoms with Crippen LogP contribution in [0.25, 0.3) is 0 Å². The summed E-state index contributed by atoms with van der Waals surface area (Å²) in [6.07, 6.45) is 2.51. The number of nitriles is 1. The van der Waals surface area contributed by atoms with E-state index in [-0.39, 0.29) is 13.0 Å². The molecule has 1 N–H and O–H groups in total. The fraction of sp³-hybridized carbons (Fsp3) is 0.467. The summed E-state index contributed by atoms with van der Waals surface area (Å²) in [7, 11) is 0. The van der Waals surface area contributed by atoms with Crippen LogP contribution in [0, 0.1) is 11.3 Å². The largest absolute Gasteiger partial charge is 0.481 e. The number of carboxylic acid groups (broad SMARTS) is 1. The van der Waals surface area contributed by atoms with E-state index in [2.05, 4.69) is 11.0 Å². The minimum atomic E-state index is -0.846. The molecule has 0 spiro atoms. The standard InChI is InChI=1S/C15H19N3O2/c16-8-12-18(11-7-15(19)20)14-5-3-13(4-6-14)17-9-1-2-10-17/h3-6H,1-2,7,9-12H2,(H,19,20). The predicted molar refractivity (Wildman–Crippen MR) is 78.0 cm³/mol. The molecule has 0 saturated carbocycles. The number of carboxylic acids is 1. The number of nitrogens with zero attached hydrogens (tertiary/aromatic N) is 3. The van der Waals surface area contributed by atoms with Crippen LogP contribution in [0.5, 0.6) is 0 Å². The molecule has 1 saturated heterocycles. The molecule has 0 radical (unpaired) electrons. The third-order valence-corrected chi connectivity index (χ3v) is 3.54. The molecular formula is C15H19N3O2. The van der Waals surface area contributed by atoms with E-state index >= 15 is 0 Å². The minimum Gasteiger partial charge on any atom is -0.481 e. The first-order valence-electron chi connectivity index (χ1n) is 6.89. The Morgan fingerprint density at radius 3 is 2.50 bits per heavy atom. The highest BCUT2D eigenvalue weighted by Gasteiger charge is 2.13. The Morgan fingerprint density at radius 1 is 1.30 bits per heavy atom. The van der Waals surface area contributed by atoms with Gasteiger partial charge in [-0.3, -0.25) is 4.79 Å². The lowest BCUT2D eigenvalue weighted by Gasteiger charge is -2.23. The second-order valence-corrected chi connectivity index (χ2v) is 4.93. The van der Waals surface area contributed by atoms with Crippen molar-refractivity contribution in [3.8, 4) is 6.07 Å². The van der Waals surface area contributed by atoms with Crippen molar-refractivity contribution in [2.75, 3.05) is 36.0 Å². The molecular weight excluding hydrogens is 254 g/mol. The third kappa shape index (κ3) is 3.64. The normalized spacial score (nSPS) is 14.1. The molecule has 5 nitrogen and oxygen atoms in total. The Labute approximate surface area is 119 Å². The van der Waals surface area contributed by atoms with Crippen LogP contribution < -0.4 is 9.80 Å². The van der Waals surface area contributed by atoms with Gasteiger partial charge in [-0.2, -0.15) is 5.26 Å². The number of anilines is 2. The zero-order valence-corrected chi connectivity index (χ0v) is 11.5. The van der Waals surface area contributed by atoms with Crippen molar-refractivity contribution in [3.05, 3.63) is 24.3 Å². The number of rotatable bonds is 6. The van der Waals surface area contributed by atoms with Gasteiger partial charge >= 0.3 is 5.97 Å². The maximum Gasteiger partial charge on any atom is 0.305 e. The Bertz CT molecular complexity index is 487. The van der Waals surface area contributed by atoms with Crippen molar-refractivity contribution in [1.29, 1.82) is 5.26 Å². The van der Waals surface area contributed by atoms with E-state index in [0.717, 1.165) is 18.8 Å². The van der Waals surface area contributed by atoms with Gasteiger partial charge in [0.05, 0.1) is 12.5 Å². The summed E-state index contributed by atoms with van der Waals surface area (Å²) in [5, 5.41) is 17.6. The summed E-state index contributed by atoms with van der Waals surface area (Å²) < 4.78 is 0. The Morgan fingerprint density at radius 2 is 1.95 bits per heavy atom. The molecule has 1 heterocycles. The van der Waals surface area contributed by atoms with Gasteiger partial charge in [-0.25, -0.2) is 0 Å². The Kier molecular flexibility index (Phi) is 4.83. The van der Waals surface area contributed by atoms with Gasteiger partial charge in [0.1, 0.15) is 6.54 Å². The number of hydrogen-bond donors (Lipinski definition) is 1. The van der Waals surface area contributed by atoms with Gasteiger partial charge in [-0.1, -0.05) is 0 Å². The predicted octanol–water partition coefficient (Wildman–Crippen LogP) is 2.09. The molecule has 0 aromatic heterocycles. The summed E-state index contributed by atoms with van der Waals surface area (Å²) in [4.78, 5) is 14.8. The first-order valence-corrected chi connectivity index (χ1v) is 6.89. The highest BCUT2D eigenvalue weighted by atomic mass is 16.4. The van der Waals surface area contributed by atoms with Gasteiger partial charge in [0.15, 0.2) is 0 Å². The molecule has 0 unspecified atom stereocenters. The topological polar surface area (TPSA) is 67.6 Å². The van der Waals surface area contributed by atoms with Gasteiger partial charge in [-0.05, 0) is 37.1 Å². The number of carbonyl (C=O) groups is 1. The van der Waals surface area contributed by atoms with Crippen LogP contribution >= 0.6 is 0 Å². The molecule has 0 aliphatic carbocycles. The van der Waals surface area contributed by atoms with E-state index in [4.69, 9.17) is 10.4 Å². The van der Waals surface area contributed by atoms with Crippen molar-refractivity contribution >= 4 is 17.3 Å². The zero-order chi connectivity index (χ0) is 14.4. The van der Waals surface area contributed by atoms with Gasteiger partial charge in [0, 0.05) is 31.0 Å². The lowest BCUT2D eigenvalue weighted by molar-refractivity contribution is -0.136. The summed E-state index contributed by atoms with van der Waals surface area (Å²) >= 11 is 0. The van der Waals surface area contributed by atoms with E-state index in [1.807, 2.05) is 24.3 Å². The van der Waals surface area contributed by atoms with Crippen LogP contribution in [0.15, 0.2) is 24.3 Å². The summed E-state index contributed by atoms with van der Waals surface area (Å²) in [5.41, 5.74) is 2.09. The second kappa shape index (κ2) is 6.80. The Balaban J connectivity index is 2.04. The molecule has 1 aromatic carbocycles. The van der Waals surface area contributed by atoms with Gasteiger partial charge in [0.2, 0.25) is 0 Å². The number of aliphatic carboxylic acids is 1. The SMILES string of the molecule is N#CCN(CCC(=O)O)c1ccc(N2CCCC2)cc1. The molecule has 5 heteroatoms. The average molecular weight is 273 g/mol. The summed E-state index contributed by atoms with van der Waals surface area (Å²) in [5.74, 6) is -0.846. The molecule has 106 valence electrons. The zero-order valence-electron chi connectivity index (χ0n) is 11.5. The van der Waals surface area contributed by atoms with E-state index in [9.17, 15) is 4.79 Å². The first-order chi connectivity index (χ1) is 9.70. The van der Waals surface area contributed by atoms with Crippen molar-refractivity contribution in [2.45, 2.75) is 19.3 Å². The highest BCUT2D eigenvalue weighted by Crippen LogP contribution is 2.23. The maximum absolute atomic E-state index is 10.7. The molecule has 20 heavy (non-hydrogen) atoms. The summed E-state index contributed by atoms with van der Waals surface area (Å²) in [6.45, 7) is 2.75. The van der Waals surface area contributed by atoms with Gasteiger partial charge in [-0.15, -0.1) is 0 Å². The molecule has 0 amide bonds. The quantitative estimate of drug-likeness (QED) is 0.804. The van der Waals surface area contributed by atoms with Crippen LogP contribution in [0.1, 0.15) is 19.3 Å². The molecule has 1 aliphatic heterocycles. The minimum absolute atomic E-state index is 0.0373. The van der Waals surface area contributed by atoms with E-state index in [0.29, 0.717) is 6.54 Å². The van der Waals surface area contributed by atoms with Crippen molar-refractivity contribution < 1.29 is 9.90 Å². The lowest BCUT2D eigenvalue weighted by atomic mass is 10.2. The Hall–Kier alpha value is -2.22. The van der Waals surface area contributed by atoms with Crippen molar-refractivity contribution in [3.63, 3.8) is 0 Å². The monoisotopic (exact) mass is 273 g/mol. The molecule has 1 fully saturated rings. The van der Waals surface area contributed by atoms with Crippen LogP contribution in [0.4, 0.5) is 11.4 Å². The van der Waals surface area contributed by atoms with Crippen LogP contribution in [0.2, 0.25) is 0 Å². The smallest absolute Gasteiger partial charge is 0.305 e. The fourth-order valence-electron chi connectivity index (χ4n) is 2.47. The summed E-state index contributed by atoms with van der Waals surface area (Å²) in [6, 6.07) is 10.1. The highest BCUT2D eigenvalue weighted by molar-refractivity contribution is 5.68. The maximum atomic E-state index is 10.7. The van der Waals surface area contributed by atoms with Crippen LogP contribution in [-0.4, -0.2) is 37.3 Å². The van der Waals surface area contributed by atoms with Crippen molar-refractivity contribution in [2.24, 2.45) is 0 Å². The fourth-order valence-corrected chi connectivity index (χ4v) is 2.47. The van der Waals surface area contributed by atoms with E-state index in [1.165, 1.54) is 18.5 Å². The number of hydrogen-bond acceptors (Lipinski definition) is 4. The molecule has 2 rings (SSSR count). The first kappa shape index (κ1) is 14.2. The van der Waals surface area contributed by atoms with E-state index < -0.39 is 5.97 Å². The molecule has 0 bridgehead atoms. The van der Waals surface area contributed by atoms with Crippen molar-refractivity contribution in [1.82, 2.24) is 0 Å². The lowest BCUT2D eigenvalue weighted by Crippen LogP contribution is -2.26. The molecule has 0 atom stereocenters. The van der Waals surface area contributed by atoms with Crippen LogP contribution in [-0.2, 0) is 4.79 Å². The molecule has 1 aromatic rings. The van der Waals surface area contributed by atoms with Gasteiger partial charge < -0.3 is 14.9 Å². The number of benzene rings is 1. The van der Waals surface area contributed by atoms with E-state index in [1.54, 1.807) is 4.90 Å². The third-order valence-electron chi connectivity index (χ3n) is 3.54. The average Bonchev–Trinajstić information content (AvgIpc) is 2.97. The van der Waals surface area contributed by atoms with Gasteiger partial charge in [0.25, 0.3) is 0 Å². The van der Waals surface area contributed by atoms with Crippen LogP contribution in [0.3, 0.4) is 0 Å². The second-order valence-electron chi connectivity index (χ2n) is 4.93. The molecule has 1 aliphatic rings.